The van der Waals surface area contributed by atoms with Crippen molar-refractivity contribution < 1.29 is 9.13 Å². The monoisotopic (exact) mass is 252 g/mol. The van der Waals surface area contributed by atoms with Crippen LogP contribution in [0.4, 0.5) is 10.1 Å². The van der Waals surface area contributed by atoms with Crippen molar-refractivity contribution in [3.8, 4) is 5.75 Å². The zero-order valence-corrected chi connectivity index (χ0v) is 11.1. The molecule has 0 amide bonds. The average Bonchev–Trinajstić information content (AvgIpc) is 2.57. The summed E-state index contributed by atoms with van der Waals surface area (Å²) >= 11 is 0. The van der Waals surface area contributed by atoms with Gasteiger partial charge in [0, 0.05) is 17.8 Å². The van der Waals surface area contributed by atoms with Gasteiger partial charge < -0.3 is 15.0 Å². The second-order valence-electron chi connectivity index (χ2n) is 4.92. The van der Waals surface area contributed by atoms with E-state index < -0.39 is 0 Å². The van der Waals surface area contributed by atoms with Gasteiger partial charge in [0.05, 0.1) is 7.11 Å². The molecule has 1 aliphatic rings. The van der Waals surface area contributed by atoms with E-state index in [9.17, 15) is 4.39 Å². The van der Waals surface area contributed by atoms with E-state index in [-0.39, 0.29) is 5.82 Å². The van der Waals surface area contributed by atoms with Crippen molar-refractivity contribution in [3.05, 3.63) is 24.0 Å². The van der Waals surface area contributed by atoms with Gasteiger partial charge in [-0.1, -0.05) is 0 Å². The molecule has 0 saturated carbocycles. The molecule has 18 heavy (non-hydrogen) atoms. The Morgan fingerprint density at radius 1 is 1.33 bits per heavy atom. The summed E-state index contributed by atoms with van der Waals surface area (Å²) in [6, 6.07) is 5.41. The second-order valence-corrected chi connectivity index (χ2v) is 4.92. The highest BCUT2D eigenvalue weighted by atomic mass is 19.1. The average molecular weight is 252 g/mol. The Labute approximate surface area is 108 Å². The maximum Gasteiger partial charge on any atom is 0.165 e. The zero-order chi connectivity index (χ0) is 13.0. The van der Waals surface area contributed by atoms with Crippen LogP contribution < -0.4 is 10.1 Å². The number of halogens is 1. The van der Waals surface area contributed by atoms with Crippen LogP contribution in [-0.4, -0.2) is 38.2 Å². The molecule has 1 aliphatic heterocycles. The summed E-state index contributed by atoms with van der Waals surface area (Å²) < 4.78 is 18.3. The lowest BCUT2D eigenvalue weighted by atomic mass is 10.1. The van der Waals surface area contributed by atoms with Crippen LogP contribution in [0.5, 0.6) is 5.75 Å². The lowest BCUT2D eigenvalue weighted by Crippen LogP contribution is -2.23. The smallest absolute Gasteiger partial charge is 0.165 e. The van der Waals surface area contributed by atoms with E-state index >= 15 is 0 Å². The first-order valence-corrected chi connectivity index (χ1v) is 6.47. The Morgan fingerprint density at radius 3 is 2.94 bits per heavy atom. The quantitative estimate of drug-likeness (QED) is 0.895. The van der Waals surface area contributed by atoms with Crippen molar-refractivity contribution in [2.45, 2.75) is 25.3 Å². The molecule has 0 radical (unpaired) electrons. The molecule has 2 rings (SSSR count). The van der Waals surface area contributed by atoms with E-state index in [1.54, 1.807) is 12.1 Å². The van der Waals surface area contributed by atoms with Crippen LogP contribution in [0.2, 0.25) is 0 Å². The molecule has 100 valence electrons. The van der Waals surface area contributed by atoms with Gasteiger partial charge in [-0.3, -0.25) is 0 Å². The molecule has 4 heteroatoms. The highest BCUT2D eigenvalue weighted by molar-refractivity contribution is 5.49. The number of nitrogens with zero attached hydrogens (tertiary/aromatic N) is 1. The van der Waals surface area contributed by atoms with Gasteiger partial charge in [0.1, 0.15) is 0 Å². The molecule has 1 heterocycles. The van der Waals surface area contributed by atoms with Crippen LogP contribution >= 0.6 is 0 Å². The van der Waals surface area contributed by atoms with Crippen molar-refractivity contribution in [2.24, 2.45) is 0 Å². The third-order valence-electron chi connectivity index (χ3n) is 3.47. The van der Waals surface area contributed by atoms with E-state index in [1.165, 1.54) is 19.6 Å². The first kappa shape index (κ1) is 13.1. The van der Waals surface area contributed by atoms with Crippen LogP contribution in [0.3, 0.4) is 0 Å². The molecule has 0 spiro atoms. The number of ether oxygens (including phenoxy) is 1. The Balaban J connectivity index is 2.00. The van der Waals surface area contributed by atoms with Crippen molar-refractivity contribution in [1.82, 2.24) is 4.90 Å². The van der Waals surface area contributed by atoms with Crippen LogP contribution in [0.25, 0.3) is 0 Å². The minimum absolute atomic E-state index is 0.297. The predicted molar refractivity (Wildman–Crippen MR) is 71.7 cm³/mol. The standard InChI is InChI=1S/C14H21FN2O/c1-17-8-3-4-11(7-9-17)16-12-5-6-13(15)14(10-12)18-2/h5-6,10-11,16H,3-4,7-9H2,1-2H3. The summed E-state index contributed by atoms with van der Waals surface area (Å²) in [6.45, 7) is 2.26. The van der Waals surface area contributed by atoms with Gasteiger partial charge in [0.25, 0.3) is 0 Å². The van der Waals surface area contributed by atoms with Gasteiger partial charge >= 0.3 is 0 Å². The third-order valence-corrected chi connectivity index (χ3v) is 3.47. The highest BCUT2D eigenvalue weighted by Gasteiger charge is 2.15. The molecule has 0 aromatic heterocycles. The lowest BCUT2D eigenvalue weighted by molar-refractivity contribution is 0.348. The number of anilines is 1. The van der Waals surface area contributed by atoms with Gasteiger partial charge in [-0.15, -0.1) is 0 Å². The van der Waals surface area contributed by atoms with Crippen molar-refractivity contribution in [1.29, 1.82) is 0 Å². The molecule has 1 fully saturated rings. The molecule has 0 aliphatic carbocycles. The Morgan fingerprint density at radius 2 is 2.17 bits per heavy atom. The van der Waals surface area contributed by atoms with Crippen molar-refractivity contribution in [2.75, 3.05) is 32.6 Å². The molecule has 3 nitrogen and oxygen atoms in total. The fourth-order valence-electron chi connectivity index (χ4n) is 2.37. The first-order chi connectivity index (χ1) is 8.69. The Hall–Kier alpha value is -1.29. The largest absolute Gasteiger partial charge is 0.494 e. The van der Waals surface area contributed by atoms with E-state index in [0.717, 1.165) is 31.6 Å². The summed E-state index contributed by atoms with van der Waals surface area (Å²) in [7, 11) is 3.64. The van der Waals surface area contributed by atoms with Gasteiger partial charge in [0.2, 0.25) is 0 Å². The third kappa shape index (κ3) is 3.35. The summed E-state index contributed by atoms with van der Waals surface area (Å²) in [6.07, 6.45) is 3.48. The molecule has 1 atom stereocenters. The fraction of sp³-hybridized carbons (Fsp3) is 0.571. The molecule has 1 aromatic carbocycles. The van der Waals surface area contributed by atoms with E-state index in [1.807, 2.05) is 0 Å². The summed E-state index contributed by atoms with van der Waals surface area (Å²) in [5.41, 5.74) is 0.933. The lowest BCUT2D eigenvalue weighted by Gasteiger charge is -2.18. The fourth-order valence-corrected chi connectivity index (χ4v) is 2.37. The summed E-state index contributed by atoms with van der Waals surface area (Å²) in [5.74, 6) is -0.0191. The summed E-state index contributed by atoms with van der Waals surface area (Å²) in [4.78, 5) is 2.35. The van der Waals surface area contributed by atoms with E-state index in [4.69, 9.17) is 4.74 Å². The minimum Gasteiger partial charge on any atom is -0.494 e. The van der Waals surface area contributed by atoms with Gasteiger partial charge in [-0.05, 0) is 51.5 Å². The highest BCUT2D eigenvalue weighted by Crippen LogP contribution is 2.23. The maximum atomic E-state index is 13.3. The minimum atomic E-state index is -0.316. The second kappa shape index (κ2) is 6.05. The number of benzene rings is 1. The van der Waals surface area contributed by atoms with Crippen LogP contribution in [0.15, 0.2) is 18.2 Å². The van der Waals surface area contributed by atoms with Crippen LogP contribution in [-0.2, 0) is 0 Å². The molecule has 1 N–H and O–H groups in total. The Bertz CT molecular complexity index is 397. The number of hydrogen-bond acceptors (Lipinski definition) is 3. The normalized spacial score (nSPS) is 21.4. The molecule has 0 bridgehead atoms. The number of hydrogen-bond donors (Lipinski definition) is 1. The topological polar surface area (TPSA) is 24.5 Å². The van der Waals surface area contributed by atoms with Crippen LogP contribution in [0, 0.1) is 5.82 Å². The summed E-state index contributed by atoms with van der Waals surface area (Å²) in [5, 5.41) is 3.47. The predicted octanol–water partition coefficient (Wildman–Crippen LogP) is 2.73. The number of methoxy groups -OCH3 is 1. The Kier molecular flexibility index (Phi) is 4.42. The molecular formula is C14H21FN2O. The maximum absolute atomic E-state index is 13.3. The zero-order valence-electron chi connectivity index (χ0n) is 11.1. The van der Waals surface area contributed by atoms with Gasteiger partial charge in [0.15, 0.2) is 11.6 Å². The van der Waals surface area contributed by atoms with Gasteiger partial charge in [-0.25, -0.2) is 4.39 Å². The number of rotatable bonds is 3. The van der Waals surface area contributed by atoms with Gasteiger partial charge in [-0.2, -0.15) is 0 Å². The van der Waals surface area contributed by atoms with Crippen molar-refractivity contribution >= 4 is 5.69 Å². The molecule has 1 saturated heterocycles. The molecule has 1 unspecified atom stereocenters. The SMILES string of the molecule is COc1cc(NC2CCCN(C)CC2)ccc1F. The number of likely N-dealkylation sites (tertiary alicyclic amines) is 1. The molecule has 1 aromatic rings. The van der Waals surface area contributed by atoms with E-state index in [0.29, 0.717) is 11.8 Å². The first-order valence-electron chi connectivity index (χ1n) is 6.47. The van der Waals surface area contributed by atoms with Crippen molar-refractivity contribution in [3.63, 3.8) is 0 Å². The van der Waals surface area contributed by atoms with Crippen LogP contribution in [0.1, 0.15) is 19.3 Å². The number of nitrogens with one attached hydrogen (secondary N) is 1. The molecular weight excluding hydrogens is 231 g/mol. The van der Waals surface area contributed by atoms with E-state index in [2.05, 4.69) is 17.3 Å².